The van der Waals surface area contributed by atoms with Crippen LogP contribution in [0.25, 0.3) is 10.9 Å². The highest BCUT2D eigenvalue weighted by atomic mass is 32.1. The van der Waals surface area contributed by atoms with Crippen molar-refractivity contribution in [3.63, 3.8) is 0 Å². The Hall–Kier alpha value is -1.95. The minimum absolute atomic E-state index is 0.241. The van der Waals surface area contributed by atoms with Crippen molar-refractivity contribution in [3.8, 4) is 0 Å². The van der Waals surface area contributed by atoms with Crippen LogP contribution in [0.1, 0.15) is 27.9 Å². The molecule has 0 radical (unpaired) electrons. The van der Waals surface area contributed by atoms with E-state index in [0.717, 1.165) is 18.0 Å². The van der Waals surface area contributed by atoms with E-state index in [4.69, 9.17) is 0 Å². The van der Waals surface area contributed by atoms with Gasteiger partial charge in [0, 0.05) is 34.7 Å². The lowest BCUT2D eigenvalue weighted by Crippen LogP contribution is -2.23. The van der Waals surface area contributed by atoms with Crippen molar-refractivity contribution in [1.29, 1.82) is 0 Å². The third-order valence-corrected chi connectivity index (χ3v) is 5.99. The molecule has 0 saturated carbocycles. The van der Waals surface area contributed by atoms with Crippen LogP contribution in [0.2, 0.25) is 0 Å². The van der Waals surface area contributed by atoms with Crippen molar-refractivity contribution in [2.24, 2.45) is 0 Å². The monoisotopic (exact) mass is 353 g/mol. The summed E-state index contributed by atoms with van der Waals surface area (Å²) in [4.78, 5) is 8.07. The van der Waals surface area contributed by atoms with Crippen LogP contribution in [-0.2, 0) is 13.0 Å². The molecule has 3 nitrogen and oxygen atoms in total. The number of rotatable bonds is 6. The van der Waals surface area contributed by atoms with Gasteiger partial charge in [-0.25, -0.2) is 4.98 Å². The van der Waals surface area contributed by atoms with Crippen molar-refractivity contribution in [3.05, 3.63) is 74.5 Å². The third kappa shape index (κ3) is 3.15. The fourth-order valence-corrected chi connectivity index (χ4v) is 4.43. The first-order chi connectivity index (χ1) is 11.8. The number of benzene rings is 1. The molecule has 0 bridgehead atoms. The Morgan fingerprint density at radius 1 is 1.21 bits per heavy atom. The molecule has 0 aliphatic rings. The minimum atomic E-state index is 0.241. The van der Waals surface area contributed by atoms with E-state index in [-0.39, 0.29) is 6.04 Å². The standard InChI is InChI=1S/C19H19N3S2/c1-13-15-4-2-3-5-16(15)22-18(13)11-21-17(19-20-7-9-24-19)10-14-6-8-23-12-14/h2-9,12,17,21-22H,10-11H2,1H3. The topological polar surface area (TPSA) is 40.7 Å². The number of aromatic amines is 1. The summed E-state index contributed by atoms with van der Waals surface area (Å²) < 4.78 is 0. The lowest BCUT2D eigenvalue weighted by molar-refractivity contribution is 0.524. The quantitative estimate of drug-likeness (QED) is 0.508. The molecule has 5 heteroatoms. The Morgan fingerprint density at radius 2 is 2.12 bits per heavy atom. The minimum Gasteiger partial charge on any atom is -0.357 e. The number of hydrogen-bond donors (Lipinski definition) is 2. The van der Waals surface area contributed by atoms with Gasteiger partial charge in [0.2, 0.25) is 0 Å². The van der Waals surface area contributed by atoms with Crippen molar-refractivity contribution in [2.75, 3.05) is 0 Å². The number of H-pyrrole nitrogens is 1. The van der Waals surface area contributed by atoms with Gasteiger partial charge in [-0.2, -0.15) is 11.3 Å². The second kappa shape index (κ2) is 6.89. The first-order valence-corrected chi connectivity index (χ1v) is 9.83. The summed E-state index contributed by atoms with van der Waals surface area (Å²) in [6.07, 6.45) is 2.85. The fourth-order valence-electron chi connectivity index (χ4n) is 3.04. The van der Waals surface area contributed by atoms with Crippen molar-refractivity contribution in [1.82, 2.24) is 15.3 Å². The smallest absolute Gasteiger partial charge is 0.110 e. The molecule has 4 rings (SSSR count). The second-order valence-electron chi connectivity index (χ2n) is 5.91. The molecule has 0 amide bonds. The second-order valence-corrected chi connectivity index (χ2v) is 7.62. The van der Waals surface area contributed by atoms with Gasteiger partial charge in [-0.05, 0) is 47.4 Å². The molecular weight excluding hydrogens is 334 g/mol. The highest BCUT2D eigenvalue weighted by Gasteiger charge is 2.16. The van der Waals surface area contributed by atoms with E-state index in [9.17, 15) is 0 Å². The molecule has 24 heavy (non-hydrogen) atoms. The zero-order valence-electron chi connectivity index (χ0n) is 13.5. The number of hydrogen-bond acceptors (Lipinski definition) is 4. The van der Waals surface area contributed by atoms with Crippen LogP contribution in [0, 0.1) is 6.92 Å². The maximum Gasteiger partial charge on any atom is 0.110 e. The van der Waals surface area contributed by atoms with E-state index < -0.39 is 0 Å². The number of aryl methyl sites for hydroxylation is 1. The van der Waals surface area contributed by atoms with Gasteiger partial charge >= 0.3 is 0 Å². The highest BCUT2D eigenvalue weighted by molar-refractivity contribution is 7.09. The molecule has 1 aromatic carbocycles. The first-order valence-electron chi connectivity index (χ1n) is 8.01. The Bertz CT molecular complexity index is 908. The SMILES string of the molecule is Cc1c(CNC(Cc2ccsc2)c2nccs2)[nH]c2ccccc12. The zero-order chi connectivity index (χ0) is 16.4. The van der Waals surface area contributed by atoms with Crippen LogP contribution in [0.15, 0.2) is 52.7 Å². The molecule has 3 heterocycles. The number of thiophene rings is 1. The molecule has 4 aromatic rings. The predicted molar refractivity (Wildman–Crippen MR) is 103 cm³/mol. The van der Waals surface area contributed by atoms with Crippen LogP contribution < -0.4 is 5.32 Å². The molecule has 1 unspecified atom stereocenters. The molecule has 0 aliphatic carbocycles. The normalized spacial score (nSPS) is 12.7. The molecular formula is C19H19N3S2. The molecule has 122 valence electrons. The number of nitrogens with zero attached hydrogens (tertiary/aromatic N) is 1. The average molecular weight is 354 g/mol. The van der Waals surface area contributed by atoms with Gasteiger partial charge in [-0.1, -0.05) is 18.2 Å². The lowest BCUT2D eigenvalue weighted by Gasteiger charge is -2.16. The lowest BCUT2D eigenvalue weighted by atomic mass is 10.1. The van der Waals surface area contributed by atoms with E-state index in [2.05, 4.69) is 63.3 Å². The summed E-state index contributed by atoms with van der Waals surface area (Å²) in [6, 6.07) is 10.9. The van der Waals surface area contributed by atoms with E-state index in [1.807, 2.05) is 11.6 Å². The van der Waals surface area contributed by atoms with Gasteiger partial charge in [-0.15, -0.1) is 11.3 Å². The molecule has 0 saturated heterocycles. The largest absolute Gasteiger partial charge is 0.357 e. The number of aromatic nitrogens is 2. The Labute approximate surface area is 149 Å². The maximum absolute atomic E-state index is 4.52. The van der Waals surface area contributed by atoms with E-state index in [0.29, 0.717) is 0 Å². The van der Waals surface area contributed by atoms with E-state index >= 15 is 0 Å². The first kappa shape index (κ1) is 15.6. The van der Waals surface area contributed by atoms with Crippen molar-refractivity contribution < 1.29 is 0 Å². The van der Waals surface area contributed by atoms with Gasteiger partial charge < -0.3 is 10.3 Å². The molecule has 2 N–H and O–H groups in total. The van der Waals surface area contributed by atoms with Gasteiger partial charge in [0.25, 0.3) is 0 Å². The summed E-state index contributed by atoms with van der Waals surface area (Å²) >= 11 is 3.46. The van der Waals surface area contributed by atoms with Gasteiger partial charge in [0.05, 0.1) is 6.04 Å². The molecule has 0 spiro atoms. The number of fused-ring (bicyclic) bond motifs is 1. The molecule has 3 aromatic heterocycles. The van der Waals surface area contributed by atoms with Gasteiger partial charge in [0.15, 0.2) is 0 Å². The molecule has 1 atom stereocenters. The predicted octanol–water partition coefficient (Wildman–Crippen LogP) is 5.07. The van der Waals surface area contributed by atoms with E-state index in [1.54, 1.807) is 22.7 Å². The summed E-state index contributed by atoms with van der Waals surface area (Å²) in [6.45, 7) is 3.00. The van der Waals surface area contributed by atoms with Crippen LogP contribution in [0.5, 0.6) is 0 Å². The highest BCUT2D eigenvalue weighted by Crippen LogP contribution is 2.25. The fraction of sp³-hybridized carbons (Fsp3) is 0.211. The third-order valence-electron chi connectivity index (χ3n) is 4.36. The summed E-state index contributed by atoms with van der Waals surface area (Å²) in [5, 5.41) is 12.6. The number of nitrogens with one attached hydrogen (secondary N) is 2. The van der Waals surface area contributed by atoms with Crippen LogP contribution in [-0.4, -0.2) is 9.97 Å². The summed E-state index contributed by atoms with van der Waals surface area (Å²) in [5.74, 6) is 0. The van der Waals surface area contributed by atoms with Crippen molar-refractivity contribution in [2.45, 2.75) is 25.9 Å². The van der Waals surface area contributed by atoms with Crippen LogP contribution in [0.3, 0.4) is 0 Å². The zero-order valence-corrected chi connectivity index (χ0v) is 15.1. The Morgan fingerprint density at radius 3 is 2.88 bits per heavy atom. The summed E-state index contributed by atoms with van der Waals surface area (Å²) in [7, 11) is 0. The van der Waals surface area contributed by atoms with Gasteiger partial charge in [-0.3, -0.25) is 0 Å². The average Bonchev–Trinajstić information content (AvgIpc) is 3.34. The maximum atomic E-state index is 4.52. The molecule has 0 fully saturated rings. The molecule has 0 aliphatic heterocycles. The van der Waals surface area contributed by atoms with Crippen molar-refractivity contribution >= 4 is 33.6 Å². The van der Waals surface area contributed by atoms with Crippen LogP contribution in [0.4, 0.5) is 0 Å². The Balaban J connectivity index is 1.55. The number of thiazole rings is 1. The van der Waals surface area contributed by atoms with Crippen LogP contribution >= 0.6 is 22.7 Å². The Kier molecular flexibility index (Phi) is 4.47. The van der Waals surface area contributed by atoms with E-state index in [1.165, 1.54) is 27.7 Å². The van der Waals surface area contributed by atoms with Gasteiger partial charge in [0.1, 0.15) is 5.01 Å². The summed E-state index contributed by atoms with van der Waals surface area (Å²) in [5.41, 5.74) is 5.14. The number of para-hydroxylation sites is 1.